The number of piperazine rings is 1. The van der Waals surface area contributed by atoms with Crippen molar-refractivity contribution in [2.45, 2.75) is 31.8 Å². The lowest BCUT2D eigenvalue weighted by molar-refractivity contribution is 0.0903. The van der Waals surface area contributed by atoms with E-state index in [1.54, 1.807) is 37.1 Å². The topological polar surface area (TPSA) is 103 Å². The molecule has 0 amide bonds. The van der Waals surface area contributed by atoms with E-state index < -0.39 is 0 Å². The van der Waals surface area contributed by atoms with Crippen molar-refractivity contribution >= 4 is 28.6 Å². The normalized spacial score (nSPS) is 17.0. The quantitative estimate of drug-likeness (QED) is 0.422. The lowest BCUT2D eigenvalue weighted by Gasteiger charge is -2.27. The second-order valence-corrected chi connectivity index (χ2v) is 10.0. The van der Waals surface area contributed by atoms with Crippen LogP contribution in [0, 0.1) is 0 Å². The van der Waals surface area contributed by atoms with Crippen LogP contribution in [0.3, 0.4) is 0 Å². The Balaban J connectivity index is 1.55. The first-order valence-corrected chi connectivity index (χ1v) is 13.5. The zero-order valence-corrected chi connectivity index (χ0v) is 22.7. The van der Waals surface area contributed by atoms with Gasteiger partial charge in [0.05, 0.1) is 19.2 Å². The molecule has 2 aromatic heterocycles. The summed E-state index contributed by atoms with van der Waals surface area (Å²) in [5, 5.41) is 7.93. The lowest BCUT2D eigenvalue weighted by atomic mass is 10.0. The first kappa shape index (κ1) is 26.7. The van der Waals surface area contributed by atoms with Crippen LogP contribution in [-0.2, 0) is 11.3 Å². The summed E-state index contributed by atoms with van der Waals surface area (Å²) in [5.41, 5.74) is 1.45. The number of nitrogens with zero attached hydrogens (tertiary/aromatic N) is 4. The summed E-state index contributed by atoms with van der Waals surface area (Å²) in [4.78, 5) is 25.8. The van der Waals surface area contributed by atoms with Gasteiger partial charge in [0, 0.05) is 80.8 Å². The predicted molar refractivity (Wildman–Crippen MR) is 149 cm³/mol. The summed E-state index contributed by atoms with van der Waals surface area (Å²) in [5.74, 6) is 1.52. The Kier molecular flexibility index (Phi) is 8.63. The maximum absolute atomic E-state index is 14.0. The lowest BCUT2D eigenvalue weighted by Crippen LogP contribution is -2.44. The Morgan fingerprint density at radius 3 is 2.63 bits per heavy atom. The molecule has 38 heavy (non-hydrogen) atoms. The number of aryl methyl sites for hydroxylation is 1. The number of nitrogens with one attached hydrogen (secondary N) is 2. The summed E-state index contributed by atoms with van der Waals surface area (Å²) in [6.45, 7) is 6.87. The van der Waals surface area contributed by atoms with Gasteiger partial charge < -0.3 is 29.7 Å². The van der Waals surface area contributed by atoms with Crippen LogP contribution in [0.4, 0.5) is 5.95 Å². The molecule has 5 rings (SSSR count). The molecule has 0 saturated carbocycles. The van der Waals surface area contributed by atoms with E-state index in [0.29, 0.717) is 45.8 Å². The van der Waals surface area contributed by atoms with E-state index in [1.807, 2.05) is 6.07 Å². The molecule has 10 nitrogen and oxygen atoms in total. The van der Waals surface area contributed by atoms with E-state index >= 15 is 0 Å². The molecule has 0 aliphatic carbocycles. The van der Waals surface area contributed by atoms with Crippen LogP contribution in [0.25, 0.3) is 22.2 Å². The minimum Gasteiger partial charge on any atom is -0.497 e. The van der Waals surface area contributed by atoms with Gasteiger partial charge >= 0.3 is 0 Å². The molecule has 0 bridgehead atoms. The standard InChI is InChI=1S/C27H35ClN6O4/c1-36-20-15-21(24(28)23(16-20)37-2)22-14-18-17-30-27(31-19-4-12-38-13-5-19)32-25(18)34(26(22)35)9-3-8-33-10-6-29-7-11-33/h14-17,19,29H,3-13H2,1-2H3,(H,30,31,32). The van der Waals surface area contributed by atoms with Gasteiger partial charge in [0.1, 0.15) is 17.1 Å². The molecule has 3 aromatic rings. The minimum atomic E-state index is -0.161. The predicted octanol–water partition coefficient (Wildman–Crippen LogP) is 3.02. The Morgan fingerprint density at radius 2 is 1.89 bits per heavy atom. The molecule has 2 aliphatic rings. The highest BCUT2D eigenvalue weighted by Gasteiger charge is 2.20. The van der Waals surface area contributed by atoms with Gasteiger partial charge in [-0.05, 0) is 37.9 Å². The molecule has 0 radical (unpaired) electrons. The SMILES string of the molecule is COc1cc(OC)c(Cl)c(-c2cc3cnc(NC4CCOCC4)nc3n(CCCN3CCNCC3)c2=O)c1. The molecular formula is C27H35ClN6O4. The van der Waals surface area contributed by atoms with Crippen LogP contribution >= 0.6 is 11.6 Å². The third-order valence-electron chi connectivity index (χ3n) is 7.21. The van der Waals surface area contributed by atoms with E-state index in [4.69, 9.17) is 30.8 Å². The number of methoxy groups -OCH3 is 2. The second-order valence-electron chi connectivity index (χ2n) is 9.65. The average Bonchev–Trinajstić information content (AvgIpc) is 2.95. The van der Waals surface area contributed by atoms with Gasteiger partial charge in [0.25, 0.3) is 5.56 Å². The number of fused-ring (bicyclic) bond motifs is 1. The largest absolute Gasteiger partial charge is 0.497 e. The second kappa shape index (κ2) is 12.3. The van der Waals surface area contributed by atoms with E-state index in [-0.39, 0.29) is 11.6 Å². The Labute approximate surface area is 227 Å². The Morgan fingerprint density at radius 1 is 1.11 bits per heavy atom. The monoisotopic (exact) mass is 542 g/mol. The molecule has 0 unspecified atom stereocenters. The summed E-state index contributed by atoms with van der Waals surface area (Å²) in [6.07, 6.45) is 4.38. The van der Waals surface area contributed by atoms with Crippen LogP contribution in [0.2, 0.25) is 5.02 Å². The minimum absolute atomic E-state index is 0.161. The molecule has 2 fully saturated rings. The fourth-order valence-electron chi connectivity index (χ4n) is 5.08. The molecule has 11 heteroatoms. The third kappa shape index (κ3) is 5.88. The first-order chi connectivity index (χ1) is 18.6. The highest BCUT2D eigenvalue weighted by Crippen LogP contribution is 2.38. The Bertz CT molecular complexity index is 1320. The number of pyridine rings is 1. The number of hydrogen-bond donors (Lipinski definition) is 2. The van der Waals surface area contributed by atoms with Crippen LogP contribution in [-0.4, -0.2) is 85.6 Å². The number of hydrogen-bond acceptors (Lipinski definition) is 9. The van der Waals surface area contributed by atoms with Crippen molar-refractivity contribution in [3.8, 4) is 22.6 Å². The van der Waals surface area contributed by atoms with Gasteiger partial charge in [-0.3, -0.25) is 9.36 Å². The van der Waals surface area contributed by atoms with Gasteiger partial charge in [-0.1, -0.05) is 11.6 Å². The van der Waals surface area contributed by atoms with Crippen molar-refractivity contribution in [1.29, 1.82) is 0 Å². The summed E-state index contributed by atoms with van der Waals surface area (Å²) in [6, 6.07) is 5.52. The number of halogens is 1. The highest BCUT2D eigenvalue weighted by atomic mass is 35.5. The molecule has 4 heterocycles. The van der Waals surface area contributed by atoms with Crippen molar-refractivity contribution < 1.29 is 14.2 Å². The molecule has 2 saturated heterocycles. The van der Waals surface area contributed by atoms with Crippen molar-refractivity contribution in [2.75, 3.05) is 65.5 Å². The zero-order chi connectivity index (χ0) is 26.5. The molecule has 1 aromatic carbocycles. The molecule has 204 valence electrons. The number of benzene rings is 1. The number of aromatic nitrogens is 3. The first-order valence-electron chi connectivity index (χ1n) is 13.2. The smallest absolute Gasteiger partial charge is 0.260 e. The van der Waals surface area contributed by atoms with Crippen LogP contribution in [0.5, 0.6) is 11.5 Å². The van der Waals surface area contributed by atoms with Crippen LogP contribution in [0.15, 0.2) is 29.2 Å². The maximum atomic E-state index is 14.0. The Hall–Kier alpha value is -2.92. The summed E-state index contributed by atoms with van der Waals surface area (Å²) < 4.78 is 18.1. The molecule has 0 atom stereocenters. The average molecular weight is 543 g/mol. The fourth-order valence-corrected chi connectivity index (χ4v) is 5.36. The van der Waals surface area contributed by atoms with Gasteiger partial charge in [-0.2, -0.15) is 4.98 Å². The van der Waals surface area contributed by atoms with Crippen LogP contribution in [0.1, 0.15) is 19.3 Å². The van der Waals surface area contributed by atoms with E-state index in [1.165, 1.54) is 0 Å². The number of anilines is 1. The van der Waals surface area contributed by atoms with Gasteiger partial charge in [0.15, 0.2) is 0 Å². The summed E-state index contributed by atoms with van der Waals surface area (Å²) in [7, 11) is 3.11. The van der Waals surface area contributed by atoms with E-state index in [2.05, 4.69) is 20.5 Å². The van der Waals surface area contributed by atoms with E-state index in [9.17, 15) is 4.79 Å². The molecule has 2 N–H and O–H groups in total. The molecule has 2 aliphatic heterocycles. The van der Waals surface area contributed by atoms with Crippen molar-refractivity contribution in [1.82, 2.24) is 24.8 Å². The molecular weight excluding hydrogens is 508 g/mol. The van der Waals surface area contributed by atoms with E-state index in [0.717, 1.165) is 70.6 Å². The number of ether oxygens (including phenoxy) is 3. The summed E-state index contributed by atoms with van der Waals surface area (Å²) >= 11 is 6.69. The van der Waals surface area contributed by atoms with Crippen molar-refractivity contribution in [2.24, 2.45) is 0 Å². The zero-order valence-electron chi connectivity index (χ0n) is 22.0. The third-order valence-corrected chi connectivity index (χ3v) is 7.60. The molecule has 0 spiro atoms. The van der Waals surface area contributed by atoms with Gasteiger partial charge in [-0.25, -0.2) is 4.98 Å². The maximum Gasteiger partial charge on any atom is 0.260 e. The van der Waals surface area contributed by atoms with Crippen molar-refractivity contribution in [3.05, 3.63) is 39.8 Å². The highest BCUT2D eigenvalue weighted by molar-refractivity contribution is 6.35. The van der Waals surface area contributed by atoms with Gasteiger partial charge in [-0.15, -0.1) is 0 Å². The number of rotatable bonds is 9. The van der Waals surface area contributed by atoms with Gasteiger partial charge in [0.2, 0.25) is 5.95 Å². The van der Waals surface area contributed by atoms with Crippen LogP contribution < -0.4 is 25.7 Å². The van der Waals surface area contributed by atoms with Crippen molar-refractivity contribution in [3.63, 3.8) is 0 Å². The fraction of sp³-hybridized carbons (Fsp3) is 0.519.